The van der Waals surface area contributed by atoms with Gasteiger partial charge in [0, 0.05) is 12.5 Å². The van der Waals surface area contributed by atoms with Gasteiger partial charge in [-0.25, -0.2) is 9.97 Å². The molecule has 5 heteroatoms. The highest BCUT2D eigenvalue weighted by Crippen LogP contribution is 2.38. The molecule has 1 fully saturated rings. The largest absolute Gasteiger partial charge is 0.369 e. The number of hydrogen-bond donors (Lipinski definition) is 1. The third-order valence-electron chi connectivity index (χ3n) is 3.44. The first kappa shape index (κ1) is 15.1. The highest BCUT2D eigenvalue weighted by Gasteiger charge is 2.23. The van der Waals surface area contributed by atoms with E-state index in [1.54, 1.807) is 0 Å². The summed E-state index contributed by atoms with van der Waals surface area (Å²) in [5, 5.41) is 3.35. The van der Waals surface area contributed by atoms with Crippen LogP contribution in [0, 0.1) is 0 Å². The van der Waals surface area contributed by atoms with Crippen molar-refractivity contribution in [3.8, 4) is 0 Å². The molecule has 0 bridgehead atoms. The van der Waals surface area contributed by atoms with Gasteiger partial charge >= 0.3 is 0 Å². The Bertz CT molecular complexity index is 419. The molecule has 1 aliphatic rings. The van der Waals surface area contributed by atoms with E-state index in [-0.39, 0.29) is 0 Å². The highest BCUT2D eigenvalue weighted by molar-refractivity contribution is 9.10. The maximum absolute atomic E-state index is 4.82. The summed E-state index contributed by atoms with van der Waals surface area (Å²) in [6.07, 6.45) is 5.19. The molecule has 3 nitrogen and oxygen atoms in total. The van der Waals surface area contributed by atoms with Crippen molar-refractivity contribution in [2.45, 2.75) is 51.2 Å². The number of nitrogens with one attached hydrogen (secondary N) is 1. The number of anilines is 1. The van der Waals surface area contributed by atoms with E-state index in [1.807, 2.05) is 11.8 Å². The van der Waals surface area contributed by atoms with Crippen LogP contribution in [0.1, 0.15) is 57.0 Å². The van der Waals surface area contributed by atoms with Crippen LogP contribution in [0.3, 0.4) is 0 Å². The van der Waals surface area contributed by atoms with Crippen LogP contribution in [0.2, 0.25) is 0 Å². The molecule has 0 amide bonds. The molecule has 0 atom stereocenters. The van der Waals surface area contributed by atoms with Crippen LogP contribution < -0.4 is 5.32 Å². The third kappa shape index (κ3) is 3.85. The molecule has 1 N–H and O–H groups in total. The van der Waals surface area contributed by atoms with Crippen molar-refractivity contribution >= 4 is 33.5 Å². The number of rotatable bonds is 6. The number of hydrogen-bond acceptors (Lipinski definition) is 4. The lowest BCUT2D eigenvalue weighted by Crippen LogP contribution is -2.09. The molecule has 0 aromatic carbocycles. The summed E-state index contributed by atoms with van der Waals surface area (Å²) < 4.78 is 1.08. The molecule has 1 aromatic rings. The van der Waals surface area contributed by atoms with Crippen molar-refractivity contribution < 1.29 is 0 Å². The molecule has 0 spiro atoms. The monoisotopic (exact) mass is 343 g/mol. The second kappa shape index (κ2) is 7.48. The zero-order valence-corrected chi connectivity index (χ0v) is 14.1. The summed E-state index contributed by atoms with van der Waals surface area (Å²) in [6.45, 7) is 5.16. The van der Waals surface area contributed by atoms with E-state index < -0.39 is 0 Å². The van der Waals surface area contributed by atoms with Gasteiger partial charge in [-0.1, -0.05) is 19.8 Å². The lowest BCUT2D eigenvalue weighted by molar-refractivity contribution is 0.684. The first-order chi connectivity index (χ1) is 9.26. The van der Waals surface area contributed by atoms with Gasteiger partial charge in [-0.15, -0.1) is 0 Å². The number of thioether (sulfide) groups is 1. The Kier molecular flexibility index (Phi) is 5.95. The van der Waals surface area contributed by atoms with Crippen LogP contribution in [0.5, 0.6) is 0 Å². The molecule has 0 saturated heterocycles. The topological polar surface area (TPSA) is 37.8 Å². The third-order valence-corrected chi connectivity index (χ3v) is 5.10. The molecular formula is C14H22BrN3S. The van der Waals surface area contributed by atoms with Crippen molar-refractivity contribution in [1.29, 1.82) is 0 Å². The van der Waals surface area contributed by atoms with Gasteiger partial charge in [0.25, 0.3) is 0 Å². The van der Waals surface area contributed by atoms with Crippen LogP contribution in [0.25, 0.3) is 0 Å². The van der Waals surface area contributed by atoms with Gasteiger partial charge < -0.3 is 5.32 Å². The van der Waals surface area contributed by atoms with Gasteiger partial charge in [0.1, 0.15) is 11.6 Å². The number of aromatic nitrogens is 2. The summed E-state index contributed by atoms with van der Waals surface area (Å²) in [4.78, 5) is 9.46. The minimum atomic E-state index is 0.611. The Labute approximate surface area is 128 Å². The normalized spacial score (nSPS) is 15.9. The van der Waals surface area contributed by atoms with E-state index in [0.29, 0.717) is 5.92 Å². The van der Waals surface area contributed by atoms with Crippen LogP contribution in [0.4, 0.5) is 5.82 Å². The molecular weight excluding hydrogens is 322 g/mol. The molecule has 2 rings (SSSR count). The predicted molar refractivity (Wildman–Crippen MR) is 86.9 cm³/mol. The van der Waals surface area contributed by atoms with E-state index in [0.717, 1.165) is 34.2 Å². The Morgan fingerprint density at radius 3 is 2.63 bits per heavy atom. The van der Waals surface area contributed by atoms with Gasteiger partial charge in [-0.2, -0.15) is 11.8 Å². The fourth-order valence-corrected chi connectivity index (χ4v) is 3.68. The average Bonchev–Trinajstić information content (AvgIpc) is 2.93. The maximum atomic E-state index is 4.82. The molecule has 0 radical (unpaired) electrons. The molecule has 19 heavy (non-hydrogen) atoms. The number of halogens is 1. The van der Waals surface area contributed by atoms with Gasteiger partial charge in [0.05, 0.1) is 15.9 Å². The predicted octanol–water partition coefficient (Wildman–Crippen LogP) is 4.58. The minimum absolute atomic E-state index is 0.611. The number of nitrogens with zero attached hydrogens (tertiary/aromatic N) is 2. The molecule has 106 valence electrons. The summed E-state index contributed by atoms with van der Waals surface area (Å²) in [7, 11) is 0. The van der Waals surface area contributed by atoms with E-state index in [4.69, 9.17) is 4.98 Å². The fraction of sp³-hybridized carbons (Fsp3) is 0.714. The average molecular weight is 344 g/mol. The van der Waals surface area contributed by atoms with Gasteiger partial charge in [-0.3, -0.25) is 0 Å². The molecule has 1 aromatic heterocycles. The van der Waals surface area contributed by atoms with Crippen molar-refractivity contribution in [2.24, 2.45) is 0 Å². The second-order valence-corrected chi connectivity index (χ2v) is 6.90. The molecule has 1 heterocycles. The van der Waals surface area contributed by atoms with Crippen LogP contribution in [-0.4, -0.2) is 22.3 Å². The van der Waals surface area contributed by atoms with Gasteiger partial charge in [-0.05, 0) is 41.4 Å². The minimum Gasteiger partial charge on any atom is -0.369 e. The molecule has 0 unspecified atom stereocenters. The van der Waals surface area contributed by atoms with E-state index >= 15 is 0 Å². The lowest BCUT2D eigenvalue weighted by atomic mass is 10.0. The molecule has 1 aliphatic carbocycles. The first-order valence-electron chi connectivity index (χ1n) is 7.14. The summed E-state index contributed by atoms with van der Waals surface area (Å²) in [6, 6.07) is 0. The van der Waals surface area contributed by atoms with Crippen LogP contribution in [-0.2, 0) is 5.75 Å². The van der Waals surface area contributed by atoms with E-state index in [1.165, 1.54) is 31.4 Å². The van der Waals surface area contributed by atoms with Crippen molar-refractivity contribution in [2.75, 3.05) is 17.6 Å². The smallest absolute Gasteiger partial charge is 0.144 e. The fourth-order valence-electron chi connectivity index (χ4n) is 2.52. The Hall–Kier alpha value is -0.290. The summed E-state index contributed by atoms with van der Waals surface area (Å²) >= 11 is 5.58. The SMILES string of the molecule is CCNc1nc(CSCC)nc(C2CCCC2)c1Br. The first-order valence-corrected chi connectivity index (χ1v) is 9.08. The summed E-state index contributed by atoms with van der Waals surface area (Å²) in [5.41, 5.74) is 1.22. The van der Waals surface area contributed by atoms with Crippen LogP contribution in [0.15, 0.2) is 4.47 Å². The Balaban J connectivity index is 2.29. The van der Waals surface area contributed by atoms with Crippen molar-refractivity contribution in [3.05, 3.63) is 16.0 Å². The Morgan fingerprint density at radius 1 is 1.26 bits per heavy atom. The zero-order valence-electron chi connectivity index (χ0n) is 11.7. The van der Waals surface area contributed by atoms with Crippen molar-refractivity contribution in [1.82, 2.24) is 9.97 Å². The van der Waals surface area contributed by atoms with Gasteiger partial charge in [0.2, 0.25) is 0 Å². The zero-order chi connectivity index (χ0) is 13.7. The van der Waals surface area contributed by atoms with Crippen molar-refractivity contribution in [3.63, 3.8) is 0 Å². The van der Waals surface area contributed by atoms with E-state index in [9.17, 15) is 0 Å². The maximum Gasteiger partial charge on any atom is 0.144 e. The standard InChI is InChI=1S/C14H22BrN3S/c1-3-16-14-12(15)13(10-7-5-6-8-10)17-11(18-14)9-19-4-2/h10H,3-9H2,1-2H3,(H,16,17,18). The summed E-state index contributed by atoms with van der Waals surface area (Å²) in [5.74, 6) is 4.55. The van der Waals surface area contributed by atoms with E-state index in [2.05, 4.69) is 40.1 Å². The Morgan fingerprint density at radius 2 is 2.00 bits per heavy atom. The van der Waals surface area contributed by atoms with Gasteiger partial charge in [0.15, 0.2) is 0 Å². The lowest BCUT2D eigenvalue weighted by Gasteiger charge is -2.16. The van der Waals surface area contributed by atoms with Crippen LogP contribution >= 0.6 is 27.7 Å². The second-order valence-electron chi connectivity index (χ2n) is 4.84. The highest BCUT2D eigenvalue weighted by atomic mass is 79.9. The quantitative estimate of drug-likeness (QED) is 0.820. The molecule has 1 saturated carbocycles. The molecule has 0 aliphatic heterocycles.